The van der Waals surface area contributed by atoms with Crippen LogP contribution in [0, 0.1) is 28.6 Å². The van der Waals surface area contributed by atoms with Crippen LogP contribution >= 0.6 is 11.6 Å². The Bertz CT molecular complexity index is 1570. The number of hydrogen-bond acceptors (Lipinski definition) is 10. The van der Waals surface area contributed by atoms with E-state index in [0.717, 1.165) is 51.0 Å². The first-order valence-corrected chi connectivity index (χ1v) is 14.1. The molecule has 3 fully saturated rings. The van der Waals surface area contributed by atoms with Crippen molar-refractivity contribution in [2.45, 2.75) is 50.7 Å². The third kappa shape index (κ3) is 5.51. The van der Waals surface area contributed by atoms with E-state index in [9.17, 15) is 15.3 Å². The van der Waals surface area contributed by atoms with Gasteiger partial charge < -0.3 is 26.0 Å². The maximum absolute atomic E-state index is 11.1. The summed E-state index contributed by atoms with van der Waals surface area (Å²) in [5, 5.41) is 42.6. The lowest BCUT2D eigenvalue weighted by atomic mass is 10.0. The van der Waals surface area contributed by atoms with Gasteiger partial charge in [0, 0.05) is 44.3 Å². The van der Waals surface area contributed by atoms with Crippen molar-refractivity contribution in [3.63, 3.8) is 0 Å². The number of nitrogens with zero attached hydrogens (tertiary/aromatic N) is 8. The number of rotatable bonds is 7. The Morgan fingerprint density at radius 2 is 1.93 bits per heavy atom. The van der Waals surface area contributed by atoms with E-state index in [0.29, 0.717) is 46.4 Å². The van der Waals surface area contributed by atoms with Crippen LogP contribution < -0.4 is 20.9 Å². The van der Waals surface area contributed by atoms with Crippen molar-refractivity contribution in [1.29, 1.82) is 10.5 Å². The molecule has 6 rings (SSSR count). The molecule has 2 aromatic heterocycles. The summed E-state index contributed by atoms with van der Waals surface area (Å²) in [6.07, 6.45) is 4.36. The minimum atomic E-state index is -0.980. The average molecular weight is 576 g/mol. The topological polar surface area (TPSA) is 171 Å². The molecule has 3 aliphatic rings. The van der Waals surface area contributed by atoms with Crippen molar-refractivity contribution in [2.75, 3.05) is 41.7 Å². The van der Waals surface area contributed by atoms with Crippen LogP contribution in [0.5, 0.6) is 0 Å². The fourth-order valence-corrected chi connectivity index (χ4v) is 6.04. The largest absolute Gasteiger partial charge is 0.465 e. The maximum atomic E-state index is 11.1. The van der Waals surface area contributed by atoms with Gasteiger partial charge in [0.2, 0.25) is 5.95 Å². The lowest BCUT2D eigenvalue weighted by Gasteiger charge is -2.38. The molecule has 4 heterocycles. The first-order valence-electron chi connectivity index (χ1n) is 13.7. The molecule has 2 atom stereocenters. The highest BCUT2D eigenvalue weighted by Crippen LogP contribution is 2.38. The molecule has 4 N–H and O–H groups in total. The van der Waals surface area contributed by atoms with Gasteiger partial charge in [0.1, 0.15) is 6.07 Å². The van der Waals surface area contributed by atoms with Gasteiger partial charge in [-0.05, 0) is 43.7 Å². The van der Waals surface area contributed by atoms with Crippen molar-refractivity contribution in [3.8, 4) is 12.1 Å². The molecule has 0 unspecified atom stereocenters. The Hall–Kier alpha value is -4.33. The molecule has 14 heteroatoms. The molecule has 0 spiro atoms. The second-order valence-electron chi connectivity index (χ2n) is 11.0. The summed E-state index contributed by atoms with van der Waals surface area (Å²) in [6.45, 7) is 5.15. The average Bonchev–Trinajstić information content (AvgIpc) is 3.57. The molecular formula is C27H30ClN11O2. The summed E-state index contributed by atoms with van der Waals surface area (Å²) >= 11 is 6.93. The SMILES string of the molecule is C[C@H]1CN(C2CCN(c3cc(C#N)cc(Nc4nc(NC5CC5)c5ncc(C#N)n5n4)c3Cl)CC2)C[C@H]1NC(=O)O. The molecule has 212 valence electrons. The maximum Gasteiger partial charge on any atom is 0.404 e. The zero-order valence-electron chi connectivity index (χ0n) is 22.5. The molecule has 1 saturated carbocycles. The normalized spacial score (nSPS) is 21.4. The smallest absolute Gasteiger partial charge is 0.404 e. The molecular weight excluding hydrogens is 546 g/mol. The van der Waals surface area contributed by atoms with Gasteiger partial charge in [-0.3, -0.25) is 4.90 Å². The number of nitriles is 2. The fourth-order valence-electron chi connectivity index (χ4n) is 5.76. The van der Waals surface area contributed by atoms with E-state index in [1.807, 2.05) is 0 Å². The van der Waals surface area contributed by atoms with Gasteiger partial charge in [0.05, 0.1) is 34.2 Å². The number of carboxylic acid groups (broad SMARTS) is 1. The number of likely N-dealkylation sites (tertiary alicyclic amines) is 1. The molecule has 1 aromatic carbocycles. The summed E-state index contributed by atoms with van der Waals surface area (Å²) in [6, 6.07) is 8.40. The number of fused-ring (bicyclic) bond motifs is 1. The van der Waals surface area contributed by atoms with E-state index in [-0.39, 0.29) is 23.6 Å². The fraction of sp³-hybridized carbons (Fsp3) is 0.481. The number of anilines is 4. The van der Waals surface area contributed by atoms with E-state index in [4.69, 9.17) is 16.7 Å². The van der Waals surface area contributed by atoms with Crippen LogP contribution in [-0.4, -0.2) is 80.0 Å². The van der Waals surface area contributed by atoms with Gasteiger partial charge in [-0.15, -0.1) is 5.10 Å². The van der Waals surface area contributed by atoms with Crippen molar-refractivity contribution in [2.24, 2.45) is 5.92 Å². The summed E-state index contributed by atoms with van der Waals surface area (Å²) in [4.78, 5) is 24.6. The quantitative estimate of drug-likeness (QED) is 0.325. The van der Waals surface area contributed by atoms with Crippen LogP contribution in [0.4, 0.5) is 27.9 Å². The van der Waals surface area contributed by atoms with Gasteiger partial charge in [-0.25, -0.2) is 9.78 Å². The van der Waals surface area contributed by atoms with Crippen molar-refractivity contribution >= 4 is 46.5 Å². The number of amides is 1. The summed E-state index contributed by atoms with van der Waals surface area (Å²) < 4.78 is 1.45. The molecule has 1 aliphatic carbocycles. The number of aromatic nitrogens is 4. The first kappa shape index (κ1) is 26.9. The number of hydrogen-bond donors (Lipinski definition) is 4. The zero-order valence-corrected chi connectivity index (χ0v) is 23.3. The van der Waals surface area contributed by atoms with E-state index in [2.05, 4.69) is 59.9 Å². The van der Waals surface area contributed by atoms with Crippen LogP contribution in [0.25, 0.3) is 5.65 Å². The van der Waals surface area contributed by atoms with Gasteiger partial charge in [0.15, 0.2) is 17.2 Å². The van der Waals surface area contributed by atoms with E-state index in [1.165, 1.54) is 10.7 Å². The third-order valence-electron chi connectivity index (χ3n) is 8.09. The van der Waals surface area contributed by atoms with Crippen LogP contribution in [0.2, 0.25) is 5.02 Å². The molecule has 41 heavy (non-hydrogen) atoms. The molecule has 2 saturated heterocycles. The number of benzene rings is 1. The second kappa shape index (κ2) is 10.9. The van der Waals surface area contributed by atoms with Crippen LogP contribution in [0.15, 0.2) is 18.3 Å². The zero-order chi connectivity index (χ0) is 28.7. The Kier molecular flexibility index (Phi) is 7.15. The summed E-state index contributed by atoms with van der Waals surface area (Å²) in [5.74, 6) is 1.01. The highest BCUT2D eigenvalue weighted by atomic mass is 35.5. The number of nitrogens with one attached hydrogen (secondary N) is 3. The minimum absolute atomic E-state index is 0.0612. The van der Waals surface area contributed by atoms with Gasteiger partial charge in [-0.1, -0.05) is 18.5 Å². The van der Waals surface area contributed by atoms with Crippen LogP contribution in [0.1, 0.15) is 43.9 Å². The number of imidazole rings is 1. The molecule has 2 aliphatic heterocycles. The first-order chi connectivity index (χ1) is 19.8. The van der Waals surface area contributed by atoms with Crippen molar-refractivity contribution in [3.05, 3.63) is 34.6 Å². The standard InChI is InChI=1S/C27H30ClN11O2/c1-15-13-38(14-21(15)34-27(40)41)18-4-6-37(7-5-18)22-9-16(10-29)8-20(23(22)28)33-26-35-24(32-17-2-3-17)25-31-12-19(11-30)39(25)36-26/h8-9,12,15,17-18,21,34H,2-7,13-14H2,1H3,(H,40,41)(H2,32,33,35,36)/t15-,21+/m0/s1. The highest BCUT2D eigenvalue weighted by Gasteiger charge is 2.36. The van der Waals surface area contributed by atoms with Crippen LogP contribution in [0.3, 0.4) is 0 Å². The molecule has 0 radical (unpaired) electrons. The van der Waals surface area contributed by atoms with Gasteiger partial charge in [0.25, 0.3) is 0 Å². The molecule has 13 nitrogen and oxygen atoms in total. The van der Waals surface area contributed by atoms with Gasteiger partial charge in [-0.2, -0.15) is 20.0 Å². The van der Waals surface area contributed by atoms with Crippen molar-refractivity contribution < 1.29 is 9.90 Å². The summed E-state index contributed by atoms with van der Waals surface area (Å²) in [5.41, 5.74) is 2.44. The Labute approximate surface area is 241 Å². The lowest BCUT2D eigenvalue weighted by Crippen LogP contribution is -2.45. The number of carbonyl (C=O) groups is 1. The van der Waals surface area contributed by atoms with E-state index < -0.39 is 6.09 Å². The summed E-state index contributed by atoms with van der Waals surface area (Å²) in [7, 11) is 0. The molecule has 0 bridgehead atoms. The molecule has 1 amide bonds. The van der Waals surface area contributed by atoms with Gasteiger partial charge >= 0.3 is 6.09 Å². The van der Waals surface area contributed by atoms with Crippen molar-refractivity contribution in [1.82, 2.24) is 29.8 Å². The Balaban J connectivity index is 1.21. The molecule has 3 aromatic rings. The highest BCUT2D eigenvalue weighted by molar-refractivity contribution is 6.36. The third-order valence-corrected chi connectivity index (χ3v) is 8.49. The predicted octanol–water partition coefficient (Wildman–Crippen LogP) is 3.40. The number of piperidine rings is 1. The Morgan fingerprint density at radius 3 is 2.61 bits per heavy atom. The minimum Gasteiger partial charge on any atom is -0.465 e. The van der Waals surface area contributed by atoms with E-state index in [1.54, 1.807) is 12.1 Å². The van der Waals surface area contributed by atoms with E-state index >= 15 is 0 Å². The lowest BCUT2D eigenvalue weighted by molar-refractivity contribution is 0.183. The number of halogens is 1. The monoisotopic (exact) mass is 575 g/mol. The predicted molar refractivity (Wildman–Crippen MR) is 153 cm³/mol. The van der Waals surface area contributed by atoms with Crippen LogP contribution in [-0.2, 0) is 0 Å². The second-order valence-corrected chi connectivity index (χ2v) is 11.4. The Morgan fingerprint density at radius 1 is 1.15 bits per heavy atom.